The van der Waals surface area contributed by atoms with E-state index < -0.39 is 0 Å². The number of para-hydroxylation sites is 1. The standard InChI is InChI=1S/C16H15IN2O2/c1-2-21-15-6-4-3-5-14(15)16(20)19-18-11-12-7-9-13(17)10-8-12/h3-11H,2H2,1H3,(H,19,20)/b18-11+. The zero-order chi connectivity index (χ0) is 15.1. The van der Waals surface area contributed by atoms with Gasteiger partial charge in [-0.3, -0.25) is 4.79 Å². The number of carbonyl (C=O) groups excluding carboxylic acids is 1. The number of ether oxygens (including phenoxy) is 1. The van der Waals surface area contributed by atoms with Crippen LogP contribution in [0.25, 0.3) is 0 Å². The van der Waals surface area contributed by atoms with Crippen molar-refractivity contribution in [3.8, 4) is 5.75 Å². The van der Waals surface area contributed by atoms with Crippen LogP contribution in [-0.4, -0.2) is 18.7 Å². The van der Waals surface area contributed by atoms with Crippen LogP contribution in [0, 0.1) is 3.57 Å². The van der Waals surface area contributed by atoms with Crippen LogP contribution in [-0.2, 0) is 0 Å². The maximum atomic E-state index is 12.1. The van der Waals surface area contributed by atoms with Crippen LogP contribution in [0.2, 0.25) is 0 Å². The summed E-state index contributed by atoms with van der Waals surface area (Å²) in [5.41, 5.74) is 3.91. The molecule has 0 atom stereocenters. The van der Waals surface area contributed by atoms with E-state index in [4.69, 9.17) is 4.74 Å². The van der Waals surface area contributed by atoms with Gasteiger partial charge in [0, 0.05) is 3.57 Å². The molecule has 0 fully saturated rings. The molecule has 2 rings (SSSR count). The first-order chi connectivity index (χ1) is 10.2. The highest BCUT2D eigenvalue weighted by Crippen LogP contribution is 2.17. The fourth-order valence-corrected chi connectivity index (χ4v) is 2.07. The highest BCUT2D eigenvalue weighted by Gasteiger charge is 2.10. The second kappa shape index (κ2) is 7.78. The number of hydrogen-bond donors (Lipinski definition) is 1. The Morgan fingerprint density at radius 2 is 1.95 bits per heavy atom. The van der Waals surface area contributed by atoms with Gasteiger partial charge in [-0.15, -0.1) is 0 Å². The Morgan fingerprint density at radius 1 is 1.24 bits per heavy atom. The lowest BCUT2D eigenvalue weighted by Gasteiger charge is -2.08. The first-order valence-corrected chi connectivity index (χ1v) is 7.59. The van der Waals surface area contributed by atoms with Gasteiger partial charge in [-0.25, -0.2) is 5.43 Å². The van der Waals surface area contributed by atoms with Crippen molar-refractivity contribution in [2.45, 2.75) is 6.92 Å². The minimum atomic E-state index is -0.291. The number of amides is 1. The van der Waals surface area contributed by atoms with Gasteiger partial charge in [0.15, 0.2) is 0 Å². The normalized spacial score (nSPS) is 10.6. The SMILES string of the molecule is CCOc1ccccc1C(=O)N/N=C/c1ccc(I)cc1. The number of nitrogens with zero attached hydrogens (tertiary/aromatic N) is 1. The van der Waals surface area contributed by atoms with E-state index in [1.165, 1.54) is 0 Å². The summed E-state index contributed by atoms with van der Waals surface area (Å²) in [6.07, 6.45) is 1.61. The van der Waals surface area contributed by atoms with Gasteiger partial charge in [0.1, 0.15) is 5.75 Å². The van der Waals surface area contributed by atoms with Crippen LogP contribution in [0.3, 0.4) is 0 Å². The monoisotopic (exact) mass is 394 g/mol. The summed E-state index contributed by atoms with van der Waals surface area (Å²) in [6.45, 7) is 2.39. The lowest BCUT2D eigenvalue weighted by molar-refractivity contribution is 0.0951. The summed E-state index contributed by atoms with van der Waals surface area (Å²) in [7, 11) is 0. The van der Waals surface area contributed by atoms with E-state index in [2.05, 4.69) is 33.1 Å². The Bertz CT molecular complexity index is 639. The topological polar surface area (TPSA) is 50.7 Å². The third-order valence-electron chi connectivity index (χ3n) is 2.68. The third kappa shape index (κ3) is 4.56. The van der Waals surface area contributed by atoms with Crippen molar-refractivity contribution in [1.29, 1.82) is 0 Å². The molecule has 0 saturated heterocycles. The molecule has 0 aliphatic rings. The van der Waals surface area contributed by atoms with Gasteiger partial charge in [-0.1, -0.05) is 24.3 Å². The molecule has 108 valence electrons. The van der Waals surface area contributed by atoms with E-state index in [-0.39, 0.29) is 5.91 Å². The molecular formula is C16H15IN2O2. The number of rotatable bonds is 5. The number of benzene rings is 2. The quantitative estimate of drug-likeness (QED) is 0.480. The van der Waals surface area contributed by atoms with Gasteiger partial charge in [-0.05, 0) is 59.3 Å². The first-order valence-electron chi connectivity index (χ1n) is 6.51. The molecule has 0 spiro atoms. The van der Waals surface area contributed by atoms with Crippen LogP contribution in [0.4, 0.5) is 0 Å². The molecule has 5 heteroatoms. The van der Waals surface area contributed by atoms with E-state index in [1.807, 2.05) is 37.3 Å². The van der Waals surface area contributed by atoms with E-state index in [0.29, 0.717) is 17.9 Å². The fraction of sp³-hybridized carbons (Fsp3) is 0.125. The molecule has 0 aliphatic carbocycles. The molecule has 2 aromatic carbocycles. The molecule has 1 N–H and O–H groups in total. The van der Waals surface area contributed by atoms with Crippen molar-refractivity contribution in [2.24, 2.45) is 5.10 Å². The minimum absolute atomic E-state index is 0.291. The van der Waals surface area contributed by atoms with Crippen LogP contribution in [0.1, 0.15) is 22.8 Å². The Labute approximate surface area is 137 Å². The first kappa shape index (κ1) is 15.5. The van der Waals surface area contributed by atoms with Crippen LogP contribution in [0.15, 0.2) is 53.6 Å². The number of hydrazone groups is 1. The highest BCUT2D eigenvalue weighted by molar-refractivity contribution is 14.1. The summed E-state index contributed by atoms with van der Waals surface area (Å²) in [4.78, 5) is 12.1. The summed E-state index contributed by atoms with van der Waals surface area (Å²) >= 11 is 2.24. The van der Waals surface area contributed by atoms with Crippen molar-refractivity contribution in [1.82, 2.24) is 5.43 Å². The second-order valence-electron chi connectivity index (χ2n) is 4.18. The molecule has 0 heterocycles. The van der Waals surface area contributed by atoms with Gasteiger partial charge in [0.25, 0.3) is 5.91 Å². The average Bonchev–Trinajstić information content (AvgIpc) is 2.50. The fourth-order valence-electron chi connectivity index (χ4n) is 1.71. The van der Waals surface area contributed by atoms with Crippen LogP contribution >= 0.6 is 22.6 Å². The molecule has 21 heavy (non-hydrogen) atoms. The van der Waals surface area contributed by atoms with Crippen LogP contribution < -0.4 is 10.2 Å². The summed E-state index contributed by atoms with van der Waals surface area (Å²) < 4.78 is 6.57. The van der Waals surface area contributed by atoms with Crippen molar-refractivity contribution < 1.29 is 9.53 Å². The van der Waals surface area contributed by atoms with Gasteiger partial charge in [0.05, 0.1) is 18.4 Å². The number of nitrogens with one attached hydrogen (secondary N) is 1. The maximum absolute atomic E-state index is 12.1. The molecule has 0 bridgehead atoms. The highest BCUT2D eigenvalue weighted by atomic mass is 127. The van der Waals surface area contributed by atoms with Crippen molar-refractivity contribution in [3.63, 3.8) is 0 Å². The predicted molar refractivity (Wildman–Crippen MR) is 91.8 cm³/mol. The zero-order valence-electron chi connectivity index (χ0n) is 11.5. The minimum Gasteiger partial charge on any atom is -0.493 e. The van der Waals surface area contributed by atoms with E-state index >= 15 is 0 Å². The van der Waals surface area contributed by atoms with Crippen molar-refractivity contribution in [2.75, 3.05) is 6.61 Å². The number of hydrogen-bond acceptors (Lipinski definition) is 3. The van der Waals surface area contributed by atoms with Gasteiger partial charge in [-0.2, -0.15) is 5.10 Å². The zero-order valence-corrected chi connectivity index (χ0v) is 13.7. The van der Waals surface area contributed by atoms with Crippen molar-refractivity contribution in [3.05, 3.63) is 63.2 Å². The Balaban J connectivity index is 2.03. The molecule has 4 nitrogen and oxygen atoms in total. The van der Waals surface area contributed by atoms with Gasteiger partial charge in [0.2, 0.25) is 0 Å². The summed E-state index contributed by atoms with van der Waals surface area (Å²) in [6, 6.07) is 14.9. The van der Waals surface area contributed by atoms with Gasteiger partial charge >= 0.3 is 0 Å². The van der Waals surface area contributed by atoms with Crippen LogP contribution in [0.5, 0.6) is 5.75 Å². The largest absolute Gasteiger partial charge is 0.493 e. The maximum Gasteiger partial charge on any atom is 0.275 e. The lowest BCUT2D eigenvalue weighted by atomic mass is 10.2. The molecule has 0 saturated carbocycles. The molecule has 0 aliphatic heterocycles. The Hall–Kier alpha value is -1.89. The van der Waals surface area contributed by atoms with Gasteiger partial charge < -0.3 is 4.74 Å². The average molecular weight is 394 g/mol. The van der Waals surface area contributed by atoms with E-state index in [1.54, 1.807) is 24.4 Å². The molecule has 0 unspecified atom stereocenters. The third-order valence-corrected chi connectivity index (χ3v) is 3.40. The Morgan fingerprint density at radius 3 is 2.67 bits per heavy atom. The summed E-state index contributed by atoms with van der Waals surface area (Å²) in [5.74, 6) is 0.266. The van der Waals surface area contributed by atoms with E-state index in [0.717, 1.165) is 9.13 Å². The number of carbonyl (C=O) groups is 1. The van der Waals surface area contributed by atoms with Crippen molar-refractivity contribution >= 4 is 34.7 Å². The molecular weight excluding hydrogens is 379 g/mol. The second-order valence-corrected chi connectivity index (χ2v) is 5.43. The smallest absolute Gasteiger partial charge is 0.275 e. The molecule has 0 radical (unpaired) electrons. The molecule has 2 aromatic rings. The number of halogens is 1. The van der Waals surface area contributed by atoms with E-state index in [9.17, 15) is 4.79 Å². The Kier molecular flexibility index (Phi) is 5.74. The lowest BCUT2D eigenvalue weighted by Crippen LogP contribution is -2.18. The summed E-state index contributed by atoms with van der Waals surface area (Å²) in [5, 5.41) is 3.97. The molecule has 1 amide bonds. The predicted octanol–water partition coefficient (Wildman–Crippen LogP) is 3.45. The molecule has 0 aromatic heterocycles.